The minimum atomic E-state index is 0.782. The zero-order valence-electron chi connectivity index (χ0n) is 8.52. The van der Waals surface area contributed by atoms with Crippen LogP contribution in [0.25, 0.3) is 0 Å². The first kappa shape index (κ1) is 10.7. The summed E-state index contributed by atoms with van der Waals surface area (Å²) in [6, 6.07) is 0. The van der Waals surface area contributed by atoms with E-state index in [1.54, 1.807) is 0 Å². The van der Waals surface area contributed by atoms with Crippen LogP contribution in [0.3, 0.4) is 0 Å². The molecule has 2 unspecified atom stereocenters. The highest BCUT2D eigenvalue weighted by molar-refractivity contribution is 8.77. The zero-order chi connectivity index (χ0) is 9.64. The molecule has 2 aliphatic carbocycles. The smallest absolute Gasteiger partial charge is 0.0331 e. The lowest BCUT2D eigenvalue weighted by molar-refractivity contribution is 0.740. The average Bonchev–Trinajstić information content (AvgIpc) is 2.29. The molecule has 2 atom stereocenters. The van der Waals surface area contributed by atoms with Crippen LogP contribution in [0.15, 0.2) is 24.3 Å². The third-order valence-corrected chi connectivity index (χ3v) is 5.93. The normalized spacial score (nSPS) is 32.0. The second kappa shape index (κ2) is 5.92. The molecule has 2 aliphatic rings. The number of allylic oxidation sites excluding steroid dienone is 2. The molecule has 0 N–H and O–H groups in total. The quantitative estimate of drug-likeness (QED) is 0.510. The molecule has 0 saturated carbocycles. The van der Waals surface area contributed by atoms with Crippen LogP contribution >= 0.6 is 21.6 Å². The molecule has 0 aromatic carbocycles. The molecule has 0 amide bonds. The Bertz CT molecular complexity index is 196. The van der Waals surface area contributed by atoms with E-state index in [9.17, 15) is 0 Å². The zero-order valence-corrected chi connectivity index (χ0v) is 10.2. The first-order valence-electron chi connectivity index (χ1n) is 5.60. The molecule has 0 nitrogen and oxygen atoms in total. The van der Waals surface area contributed by atoms with Crippen LogP contribution in [-0.2, 0) is 0 Å². The van der Waals surface area contributed by atoms with Crippen molar-refractivity contribution in [2.75, 3.05) is 0 Å². The van der Waals surface area contributed by atoms with Gasteiger partial charge >= 0.3 is 0 Å². The Morgan fingerprint density at radius 2 is 1.29 bits per heavy atom. The summed E-state index contributed by atoms with van der Waals surface area (Å²) in [5.41, 5.74) is 0. The van der Waals surface area contributed by atoms with Gasteiger partial charge < -0.3 is 0 Å². The highest BCUT2D eigenvalue weighted by Gasteiger charge is 2.14. The van der Waals surface area contributed by atoms with Crippen LogP contribution in [0.4, 0.5) is 0 Å². The van der Waals surface area contributed by atoms with Gasteiger partial charge in [-0.25, -0.2) is 0 Å². The van der Waals surface area contributed by atoms with Crippen molar-refractivity contribution in [2.24, 2.45) is 0 Å². The SMILES string of the molecule is C1=CC(SSC2C=CCCC2)CCC1. The van der Waals surface area contributed by atoms with E-state index in [4.69, 9.17) is 0 Å². The lowest BCUT2D eigenvalue weighted by atomic mass is 10.1. The van der Waals surface area contributed by atoms with E-state index in [-0.39, 0.29) is 0 Å². The fourth-order valence-corrected chi connectivity index (χ4v) is 4.85. The van der Waals surface area contributed by atoms with Crippen molar-refractivity contribution >= 4 is 21.6 Å². The Morgan fingerprint density at radius 3 is 1.64 bits per heavy atom. The summed E-state index contributed by atoms with van der Waals surface area (Å²) in [6.07, 6.45) is 17.6. The molecule has 2 rings (SSSR count). The van der Waals surface area contributed by atoms with Gasteiger partial charge in [0.05, 0.1) is 0 Å². The second-order valence-corrected chi connectivity index (χ2v) is 6.74. The van der Waals surface area contributed by atoms with Gasteiger partial charge in [-0.1, -0.05) is 45.9 Å². The van der Waals surface area contributed by atoms with Gasteiger partial charge in [0.15, 0.2) is 0 Å². The molecule has 0 heterocycles. The summed E-state index contributed by atoms with van der Waals surface area (Å²) < 4.78 is 0. The van der Waals surface area contributed by atoms with Crippen LogP contribution in [0.2, 0.25) is 0 Å². The van der Waals surface area contributed by atoms with Crippen LogP contribution in [0, 0.1) is 0 Å². The summed E-state index contributed by atoms with van der Waals surface area (Å²) in [4.78, 5) is 0. The van der Waals surface area contributed by atoms with E-state index >= 15 is 0 Å². The molecule has 0 aromatic heterocycles. The third-order valence-electron chi connectivity index (χ3n) is 2.72. The summed E-state index contributed by atoms with van der Waals surface area (Å²) in [7, 11) is 4.16. The lowest BCUT2D eigenvalue weighted by Gasteiger charge is -2.19. The average molecular weight is 226 g/mol. The Labute approximate surface area is 95.0 Å². The molecular weight excluding hydrogens is 208 g/mol. The van der Waals surface area contributed by atoms with Crippen LogP contribution in [-0.4, -0.2) is 10.5 Å². The fourth-order valence-electron chi connectivity index (χ4n) is 1.87. The maximum absolute atomic E-state index is 2.40. The number of hydrogen-bond donors (Lipinski definition) is 0. The Hall–Kier alpha value is 0.180. The molecule has 0 spiro atoms. The summed E-state index contributed by atoms with van der Waals surface area (Å²) >= 11 is 0. The largest absolute Gasteiger partial charge is 0.0874 e. The van der Waals surface area contributed by atoms with Gasteiger partial charge in [0.25, 0.3) is 0 Å². The Balaban J connectivity index is 1.70. The molecule has 0 bridgehead atoms. The van der Waals surface area contributed by atoms with Gasteiger partial charge in [-0.2, -0.15) is 0 Å². The summed E-state index contributed by atoms with van der Waals surface area (Å²) in [5, 5.41) is 1.56. The Morgan fingerprint density at radius 1 is 0.786 bits per heavy atom. The van der Waals surface area contributed by atoms with Crippen molar-refractivity contribution in [3.8, 4) is 0 Å². The van der Waals surface area contributed by atoms with Crippen LogP contribution < -0.4 is 0 Å². The topological polar surface area (TPSA) is 0 Å². The first-order valence-corrected chi connectivity index (χ1v) is 7.88. The fraction of sp³-hybridized carbons (Fsp3) is 0.667. The highest BCUT2D eigenvalue weighted by Crippen LogP contribution is 2.38. The van der Waals surface area contributed by atoms with Gasteiger partial charge in [0.2, 0.25) is 0 Å². The van der Waals surface area contributed by atoms with E-state index in [0.29, 0.717) is 0 Å². The standard InChI is InChI=1S/C12H18S2/c1-3-7-11(8-4-1)13-14-12-9-5-2-6-10-12/h3,5,7,9,11-12H,1-2,4,6,8,10H2. The van der Waals surface area contributed by atoms with Crippen molar-refractivity contribution in [1.82, 2.24) is 0 Å². The maximum atomic E-state index is 2.40. The molecule has 0 aliphatic heterocycles. The molecule has 0 fully saturated rings. The van der Waals surface area contributed by atoms with E-state index in [1.165, 1.54) is 38.5 Å². The predicted octanol–water partition coefficient (Wildman–Crippen LogP) is 4.59. The van der Waals surface area contributed by atoms with E-state index < -0.39 is 0 Å². The molecule has 0 radical (unpaired) electrons. The monoisotopic (exact) mass is 226 g/mol. The lowest BCUT2D eigenvalue weighted by Crippen LogP contribution is -2.04. The van der Waals surface area contributed by atoms with Crippen LogP contribution in [0.5, 0.6) is 0 Å². The van der Waals surface area contributed by atoms with Crippen molar-refractivity contribution in [1.29, 1.82) is 0 Å². The molecule has 78 valence electrons. The predicted molar refractivity (Wildman–Crippen MR) is 68.7 cm³/mol. The van der Waals surface area contributed by atoms with Crippen molar-refractivity contribution in [3.05, 3.63) is 24.3 Å². The van der Waals surface area contributed by atoms with E-state index in [0.717, 1.165) is 10.5 Å². The third kappa shape index (κ3) is 3.39. The number of rotatable bonds is 3. The minimum Gasteiger partial charge on any atom is -0.0874 e. The minimum absolute atomic E-state index is 0.782. The van der Waals surface area contributed by atoms with Crippen molar-refractivity contribution < 1.29 is 0 Å². The van der Waals surface area contributed by atoms with Gasteiger partial charge in [0.1, 0.15) is 0 Å². The molecule has 14 heavy (non-hydrogen) atoms. The second-order valence-electron chi connectivity index (χ2n) is 3.99. The molecule has 0 aromatic rings. The molecule has 0 saturated heterocycles. The Kier molecular flexibility index (Phi) is 4.52. The molecule has 2 heteroatoms. The van der Waals surface area contributed by atoms with Crippen molar-refractivity contribution in [3.63, 3.8) is 0 Å². The van der Waals surface area contributed by atoms with Gasteiger partial charge in [0, 0.05) is 10.5 Å². The number of hydrogen-bond acceptors (Lipinski definition) is 2. The summed E-state index contributed by atoms with van der Waals surface area (Å²) in [6.45, 7) is 0. The molecular formula is C12H18S2. The first-order chi connectivity index (χ1) is 6.95. The summed E-state index contributed by atoms with van der Waals surface area (Å²) in [5.74, 6) is 0. The van der Waals surface area contributed by atoms with E-state index in [2.05, 4.69) is 45.9 Å². The maximum Gasteiger partial charge on any atom is 0.0331 e. The van der Waals surface area contributed by atoms with Gasteiger partial charge in [-0.15, -0.1) is 0 Å². The van der Waals surface area contributed by atoms with Gasteiger partial charge in [-0.3, -0.25) is 0 Å². The highest BCUT2D eigenvalue weighted by atomic mass is 33.1. The van der Waals surface area contributed by atoms with Crippen molar-refractivity contribution in [2.45, 2.75) is 49.0 Å². The van der Waals surface area contributed by atoms with E-state index in [1.807, 2.05) is 0 Å². The van der Waals surface area contributed by atoms with Gasteiger partial charge in [-0.05, 0) is 38.5 Å². The van der Waals surface area contributed by atoms with Crippen LogP contribution in [0.1, 0.15) is 38.5 Å².